The highest BCUT2D eigenvalue weighted by atomic mass is 19.2. The lowest BCUT2D eigenvalue weighted by Crippen LogP contribution is -2.37. The van der Waals surface area contributed by atoms with Crippen molar-refractivity contribution >= 4 is 11.4 Å². The number of benzene rings is 4. The van der Waals surface area contributed by atoms with Crippen LogP contribution in [-0.2, 0) is 0 Å². The van der Waals surface area contributed by atoms with Gasteiger partial charge in [-0.1, -0.05) is 36.4 Å². The van der Waals surface area contributed by atoms with Crippen LogP contribution >= 0.6 is 0 Å². The van der Waals surface area contributed by atoms with E-state index in [1.807, 2.05) is 74.5 Å². The topological polar surface area (TPSA) is 141 Å². The van der Waals surface area contributed by atoms with Gasteiger partial charge in [-0.15, -0.1) is 0 Å². The molecule has 2 heterocycles. The molecule has 4 aromatic rings. The van der Waals surface area contributed by atoms with Crippen molar-refractivity contribution in [2.75, 3.05) is 52.5 Å². The number of hydrogen-bond acceptors (Lipinski definition) is 10. The molecule has 2 unspecified atom stereocenters. The number of nitro benzene ring substituents is 2. The summed E-state index contributed by atoms with van der Waals surface area (Å²) in [5.74, 6) is -1.23. The van der Waals surface area contributed by atoms with E-state index in [0.29, 0.717) is 31.9 Å². The van der Waals surface area contributed by atoms with Gasteiger partial charge in [0.1, 0.15) is 30.3 Å². The van der Waals surface area contributed by atoms with Gasteiger partial charge in [0.25, 0.3) is 11.4 Å². The predicted molar refractivity (Wildman–Crippen MR) is 192 cm³/mol. The molecule has 284 valence electrons. The zero-order valence-corrected chi connectivity index (χ0v) is 29.5. The quantitative estimate of drug-likeness (QED) is 0.119. The normalized spacial score (nSPS) is 19.7. The van der Waals surface area contributed by atoms with Gasteiger partial charge in [-0.05, 0) is 56.7 Å². The summed E-state index contributed by atoms with van der Waals surface area (Å²) in [6.07, 6.45) is 1.60. The maximum Gasteiger partial charge on any atom is 0.272 e. The lowest BCUT2D eigenvalue weighted by Gasteiger charge is -2.26. The van der Waals surface area contributed by atoms with Gasteiger partial charge in [0.2, 0.25) is 0 Å². The first-order valence-electron chi connectivity index (χ1n) is 17.0. The lowest BCUT2D eigenvalue weighted by molar-refractivity contribution is -0.385. The summed E-state index contributed by atoms with van der Waals surface area (Å²) in [4.78, 5) is 23.7. The Morgan fingerprint density at radius 2 is 1.17 bits per heavy atom. The van der Waals surface area contributed by atoms with Crippen LogP contribution in [0.15, 0.2) is 97.1 Å². The molecule has 0 amide bonds. The second kappa shape index (κ2) is 19.0. The average Bonchev–Trinajstić information content (AvgIpc) is 3.68. The van der Waals surface area contributed by atoms with Gasteiger partial charge in [0.15, 0.2) is 23.2 Å². The fourth-order valence-corrected chi connectivity index (χ4v) is 5.70. The Bertz CT molecular complexity index is 1790. The number of ether oxygens (including phenoxy) is 3. The fraction of sp³-hybridized carbons (Fsp3) is 0.368. The Morgan fingerprint density at radius 3 is 1.64 bits per heavy atom. The molecular weight excluding hydrogens is 697 g/mol. The molecule has 2 atom stereocenters. The number of likely N-dealkylation sites (tertiary alicyclic amines) is 2. The second-order valence-electron chi connectivity index (χ2n) is 13.2. The van der Waals surface area contributed by atoms with Gasteiger partial charge in [-0.25, -0.2) is 13.2 Å². The molecule has 2 aliphatic rings. The van der Waals surface area contributed by atoms with Crippen LogP contribution in [0.5, 0.6) is 17.2 Å². The van der Waals surface area contributed by atoms with Crippen molar-refractivity contribution < 1.29 is 42.3 Å². The van der Waals surface area contributed by atoms with Crippen LogP contribution in [0, 0.1) is 37.7 Å². The third-order valence-electron chi connectivity index (χ3n) is 8.48. The first-order chi connectivity index (χ1) is 25.2. The minimum absolute atomic E-state index is 0.0421. The third-order valence-corrected chi connectivity index (χ3v) is 8.48. The van der Waals surface area contributed by atoms with Crippen molar-refractivity contribution in [2.24, 2.45) is 0 Å². The Labute approximate surface area is 305 Å². The molecule has 0 radical (unpaired) electrons. The van der Waals surface area contributed by atoms with Crippen LogP contribution < -0.4 is 14.2 Å². The number of hydrogen-bond donors (Lipinski definition) is 1. The minimum atomic E-state index is -1.21. The molecule has 0 bridgehead atoms. The van der Waals surface area contributed by atoms with E-state index in [0.717, 1.165) is 69.2 Å². The van der Waals surface area contributed by atoms with Gasteiger partial charge in [-0.2, -0.15) is 0 Å². The Balaban J connectivity index is 0.000000197. The summed E-state index contributed by atoms with van der Waals surface area (Å²) in [7, 11) is 0. The third kappa shape index (κ3) is 13.3. The Hall–Kier alpha value is -5.25. The van der Waals surface area contributed by atoms with E-state index in [4.69, 9.17) is 14.2 Å². The Morgan fingerprint density at radius 1 is 0.679 bits per heavy atom. The maximum atomic E-state index is 14.1. The number of para-hydroxylation sites is 2. The number of halogens is 3. The predicted octanol–water partition coefficient (Wildman–Crippen LogP) is 7.05. The first kappa shape index (κ1) is 40.5. The molecule has 6 rings (SSSR count). The van der Waals surface area contributed by atoms with Crippen molar-refractivity contribution in [3.63, 3.8) is 0 Å². The molecule has 0 spiro atoms. The summed E-state index contributed by atoms with van der Waals surface area (Å²) in [6.45, 7) is 9.87. The van der Waals surface area contributed by atoms with Gasteiger partial charge in [0.05, 0.1) is 27.6 Å². The van der Waals surface area contributed by atoms with Crippen LogP contribution in [0.4, 0.5) is 24.5 Å². The number of aliphatic hydroxyl groups is 1. The smallest absolute Gasteiger partial charge is 0.272 e. The SMILES string of the molecule is CC1(O)CCN(CCOc2ccccc2)C1.CC1(Oc2ccc([N+](=O)[O-])cc2F)CCN(CCOc2ccccc2)C1.O=[N+]([O-])c1ccc(F)c(F)c1. The van der Waals surface area contributed by atoms with Gasteiger partial charge >= 0.3 is 0 Å². The summed E-state index contributed by atoms with van der Waals surface area (Å²) in [5, 5.41) is 30.5. The van der Waals surface area contributed by atoms with E-state index < -0.39 is 44.2 Å². The summed E-state index contributed by atoms with van der Waals surface area (Å²) in [6, 6.07) is 25.1. The van der Waals surface area contributed by atoms with Crippen molar-refractivity contribution in [1.82, 2.24) is 9.80 Å². The maximum absolute atomic E-state index is 14.1. The van der Waals surface area contributed by atoms with E-state index in [9.17, 15) is 38.5 Å². The number of nitro groups is 2. The van der Waals surface area contributed by atoms with E-state index in [2.05, 4.69) is 9.80 Å². The minimum Gasteiger partial charge on any atom is -0.492 e. The number of nitrogens with zero attached hydrogens (tertiary/aromatic N) is 4. The second-order valence-corrected chi connectivity index (χ2v) is 13.2. The first-order valence-corrected chi connectivity index (χ1v) is 17.0. The highest BCUT2D eigenvalue weighted by molar-refractivity contribution is 5.38. The number of non-ortho nitro benzene ring substituents is 2. The molecule has 15 heteroatoms. The molecule has 53 heavy (non-hydrogen) atoms. The van der Waals surface area contributed by atoms with E-state index in [-0.39, 0.29) is 11.4 Å². The molecule has 2 saturated heterocycles. The molecule has 0 aliphatic carbocycles. The molecule has 0 aromatic heterocycles. The van der Waals surface area contributed by atoms with Crippen molar-refractivity contribution in [3.05, 3.63) is 135 Å². The summed E-state index contributed by atoms with van der Waals surface area (Å²) < 4.78 is 55.6. The zero-order chi connectivity index (χ0) is 38.4. The van der Waals surface area contributed by atoms with Crippen LogP contribution in [0.1, 0.15) is 26.7 Å². The standard InChI is InChI=1S/C19H21FN2O4.C13H19NO2.C6H3F2NO2/c1-19(26-18-8-7-15(22(23)24)13-17(18)20)9-10-21(14-19)11-12-25-16-5-3-2-4-6-16;1-13(15)7-8-14(11-13)9-10-16-12-5-3-2-4-6-12;7-5-2-1-4(9(10)11)3-6(5)8/h2-8,13H,9-12,14H2,1H3;2-6,15H,7-11H2,1H3;1-3H. The van der Waals surface area contributed by atoms with Crippen LogP contribution in [0.3, 0.4) is 0 Å². The van der Waals surface area contributed by atoms with Gasteiger partial charge in [0, 0.05) is 57.8 Å². The van der Waals surface area contributed by atoms with Crippen LogP contribution in [0.25, 0.3) is 0 Å². The monoisotopic (exact) mass is 740 g/mol. The molecular formula is C38H43F3N4O8. The highest BCUT2D eigenvalue weighted by Gasteiger charge is 2.36. The highest BCUT2D eigenvalue weighted by Crippen LogP contribution is 2.31. The van der Waals surface area contributed by atoms with Crippen molar-refractivity contribution in [2.45, 2.75) is 37.9 Å². The molecule has 2 fully saturated rings. The lowest BCUT2D eigenvalue weighted by atomic mass is 10.1. The average molecular weight is 741 g/mol. The van der Waals surface area contributed by atoms with E-state index >= 15 is 0 Å². The van der Waals surface area contributed by atoms with Crippen LogP contribution in [-0.4, -0.2) is 88.4 Å². The number of β-amino-alcohol motifs (C(OH)–C–C–N with tert-alkyl or cyclic N) is 1. The molecule has 12 nitrogen and oxygen atoms in total. The summed E-state index contributed by atoms with van der Waals surface area (Å²) >= 11 is 0. The largest absolute Gasteiger partial charge is 0.492 e. The van der Waals surface area contributed by atoms with Crippen molar-refractivity contribution in [1.29, 1.82) is 0 Å². The van der Waals surface area contributed by atoms with Gasteiger partial charge in [-0.3, -0.25) is 30.0 Å². The molecule has 4 aromatic carbocycles. The van der Waals surface area contributed by atoms with E-state index in [1.54, 1.807) is 0 Å². The summed E-state index contributed by atoms with van der Waals surface area (Å²) in [5.41, 5.74) is -1.79. The van der Waals surface area contributed by atoms with Crippen molar-refractivity contribution in [3.8, 4) is 17.2 Å². The number of rotatable bonds is 12. The molecule has 2 aliphatic heterocycles. The van der Waals surface area contributed by atoms with Crippen LogP contribution in [0.2, 0.25) is 0 Å². The van der Waals surface area contributed by atoms with E-state index in [1.165, 1.54) is 12.1 Å². The zero-order valence-electron chi connectivity index (χ0n) is 29.5. The molecule has 1 N–H and O–H groups in total. The van der Waals surface area contributed by atoms with Gasteiger partial charge < -0.3 is 19.3 Å². The Kier molecular flexibility index (Phi) is 14.5. The molecule has 0 saturated carbocycles. The fourth-order valence-electron chi connectivity index (χ4n) is 5.70.